The van der Waals surface area contributed by atoms with Gasteiger partial charge < -0.3 is 10.6 Å². The highest BCUT2D eigenvalue weighted by Crippen LogP contribution is 2.25. The molecule has 2 N–H and O–H groups in total. The van der Waals surface area contributed by atoms with Crippen molar-refractivity contribution in [1.82, 2.24) is 10.3 Å². The van der Waals surface area contributed by atoms with E-state index in [4.69, 9.17) is 0 Å². The zero-order chi connectivity index (χ0) is 13.7. The molecule has 0 atom stereocenters. The number of anilines is 1. The average Bonchev–Trinajstić information content (AvgIpc) is 2.33. The summed E-state index contributed by atoms with van der Waals surface area (Å²) in [7, 11) is 0. The van der Waals surface area contributed by atoms with Crippen LogP contribution in [0.4, 0.5) is 5.82 Å². The SMILES string of the molecule is CCCNc1cc(C(=O)NCC2CCC2)cc(C)n1. The van der Waals surface area contributed by atoms with Crippen molar-refractivity contribution in [2.45, 2.75) is 39.5 Å². The van der Waals surface area contributed by atoms with Crippen LogP contribution in [0, 0.1) is 12.8 Å². The third-order valence-corrected chi connectivity index (χ3v) is 3.55. The van der Waals surface area contributed by atoms with Crippen molar-refractivity contribution in [3.8, 4) is 0 Å². The summed E-state index contributed by atoms with van der Waals surface area (Å²) < 4.78 is 0. The highest BCUT2D eigenvalue weighted by Gasteiger charge is 2.18. The second-order valence-electron chi connectivity index (χ2n) is 5.32. The normalized spacial score (nSPS) is 14.8. The number of nitrogens with one attached hydrogen (secondary N) is 2. The van der Waals surface area contributed by atoms with Crippen molar-refractivity contribution in [3.05, 3.63) is 23.4 Å². The van der Waals surface area contributed by atoms with Crippen molar-refractivity contribution in [1.29, 1.82) is 0 Å². The van der Waals surface area contributed by atoms with Crippen LogP contribution in [-0.2, 0) is 0 Å². The van der Waals surface area contributed by atoms with Gasteiger partial charge in [-0.3, -0.25) is 4.79 Å². The van der Waals surface area contributed by atoms with Crippen molar-refractivity contribution < 1.29 is 4.79 Å². The van der Waals surface area contributed by atoms with Crippen LogP contribution < -0.4 is 10.6 Å². The Bertz CT molecular complexity index is 441. The molecule has 0 spiro atoms. The summed E-state index contributed by atoms with van der Waals surface area (Å²) >= 11 is 0. The van der Waals surface area contributed by atoms with Crippen molar-refractivity contribution >= 4 is 11.7 Å². The highest BCUT2D eigenvalue weighted by molar-refractivity contribution is 5.95. The van der Waals surface area contributed by atoms with Gasteiger partial charge >= 0.3 is 0 Å². The summed E-state index contributed by atoms with van der Waals surface area (Å²) in [5.74, 6) is 1.48. The lowest BCUT2D eigenvalue weighted by Gasteiger charge is -2.25. The van der Waals surface area contributed by atoms with Gasteiger partial charge in [-0.25, -0.2) is 4.98 Å². The van der Waals surface area contributed by atoms with E-state index in [9.17, 15) is 4.79 Å². The molecule has 1 aromatic rings. The molecule has 1 saturated carbocycles. The van der Waals surface area contributed by atoms with Gasteiger partial charge in [-0.15, -0.1) is 0 Å². The molecule has 0 saturated heterocycles. The molecule has 1 amide bonds. The first-order valence-corrected chi connectivity index (χ1v) is 7.19. The van der Waals surface area contributed by atoms with Gasteiger partial charge in [0.25, 0.3) is 5.91 Å². The van der Waals surface area contributed by atoms with E-state index >= 15 is 0 Å². The fraction of sp³-hybridized carbons (Fsp3) is 0.600. The smallest absolute Gasteiger partial charge is 0.251 e. The first-order chi connectivity index (χ1) is 9.19. The van der Waals surface area contributed by atoms with Gasteiger partial charge in [0.05, 0.1) is 0 Å². The topological polar surface area (TPSA) is 54.0 Å². The molecule has 0 radical (unpaired) electrons. The molecule has 19 heavy (non-hydrogen) atoms. The van der Waals surface area contributed by atoms with Gasteiger partial charge in [-0.05, 0) is 44.2 Å². The Morgan fingerprint density at radius 2 is 2.21 bits per heavy atom. The Hall–Kier alpha value is -1.58. The van der Waals surface area contributed by atoms with Gasteiger partial charge in [0.1, 0.15) is 5.82 Å². The van der Waals surface area contributed by atoms with E-state index < -0.39 is 0 Å². The molecule has 4 heteroatoms. The molecule has 0 aromatic carbocycles. The number of aryl methyl sites for hydroxylation is 1. The van der Waals surface area contributed by atoms with Crippen LogP contribution in [0.5, 0.6) is 0 Å². The maximum Gasteiger partial charge on any atom is 0.251 e. The van der Waals surface area contributed by atoms with Crippen LogP contribution in [0.2, 0.25) is 0 Å². The van der Waals surface area contributed by atoms with Crippen LogP contribution in [0.25, 0.3) is 0 Å². The van der Waals surface area contributed by atoms with Gasteiger partial charge in [0, 0.05) is 24.3 Å². The zero-order valence-corrected chi connectivity index (χ0v) is 11.8. The van der Waals surface area contributed by atoms with E-state index in [2.05, 4.69) is 22.5 Å². The standard InChI is InChI=1S/C15H23N3O/c1-3-7-16-14-9-13(8-11(2)18-14)15(19)17-10-12-5-4-6-12/h8-9,12H,3-7,10H2,1-2H3,(H,16,18)(H,17,19). The highest BCUT2D eigenvalue weighted by atomic mass is 16.1. The lowest BCUT2D eigenvalue weighted by Crippen LogP contribution is -2.32. The second-order valence-corrected chi connectivity index (χ2v) is 5.32. The Morgan fingerprint density at radius 1 is 1.42 bits per heavy atom. The summed E-state index contributed by atoms with van der Waals surface area (Å²) in [5.41, 5.74) is 1.57. The Balaban J connectivity index is 1.96. The fourth-order valence-corrected chi connectivity index (χ4v) is 2.18. The number of hydrogen-bond acceptors (Lipinski definition) is 3. The summed E-state index contributed by atoms with van der Waals surface area (Å²) in [6.45, 7) is 5.70. The molecule has 1 aliphatic rings. The summed E-state index contributed by atoms with van der Waals surface area (Å²) in [5, 5.41) is 6.24. The van der Waals surface area contributed by atoms with Crippen molar-refractivity contribution in [2.24, 2.45) is 5.92 Å². The minimum Gasteiger partial charge on any atom is -0.370 e. The molecule has 0 bridgehead atoms. The van der Waals surface area contributed by atoms with Crippen LogP contribution in [-0.4, -0.2) is 24.0 Å². The maximum atomic E-state index is 12.1. The number of hydrogen-bond donors (Lipinski definition) is 2. The molecule has 4 nitrogen and oxygen atoms in total. The third kappa shape index (κ3) is 3.94. The van der Waals surface area contributed by atoms with Crippen LogP contribution in [0.1, 0.15) is 48.7 Å². The first-order valence-electron chi connectivity index (χ1n) is 7.19. The monoisotopic (exact) mass is 261 g/mol. The predicted molar refractivity (Wildman–Crippen MR) is 77.4 cm³/mol. The molecule has 1 aromatic heterocycles. The molecule has 2 rings (SSSR count). The number of rotatable bonds is 6. The number of carbonyl (C=O) groups is 1. The lowest BCUT2D eigenvalue weighted by atomic mass is 9.85. The minimum atomic E-state index is 0.0111. The maximum absolute atomic E-state index is 12.1. The number of carbonyl (C=O) groups excluding carboxylic acids is 1. The Morgan fingerprint density at radius 3 is 2.84 bits per heavy atom. The van der Waals surface area contributed by atoms with E-state index in [0.29, 0.717) is 11.5 Å². The lowest BCUT2D eigenvalue weighted by molar-refractivity contribution is 0.0939. The third-order valence-electron chi connectivity index (χ3n) is 3.55. The zero-order valence-electron chi connectivity index (χ0n) is 11.8. The molecule has 1 aliphatic carbocycles. The first kappa shape index (κ1) is 13.8. The summed E-state index contributed by atoms with van der Waals surface area (Å²) in [4.78, 5) is 16.5. The Kier molecular flexibility index (Phi) is 4.77. The molecule has 1 fully saturated rings. The van der Waals surface area contributed by atoms with Crippen LogP contribution >= 0.6 is 0 Å². The molecule has 0 unspecified atom stereocenters. The van der Waals surface area contributed by atoms with E-state index in [1.807, 2.05) is 19.1 Å². The Labute approximate surface area is 115 Å². The molecule has 104 valence electrons. The van der Waals surface area contributed by atoms with Gasteiger partial charge in [0.15, 0.2) is 0 Å². The summed E-state index contributed by atoms with van der Waals surface area (Å²) in [6.07, 6.45) is 4.84. The summed E-state index contributed by atoms with van der Waals surface area (Å²) in [6, 6.07) is 3.67. The van der Waals surface area contributed by atoms with Gasteiger partial charge in [-0.1, -0.05) is 13.3 Å². The quantitative estimate of drug-likeness (QED) is 0.828. The molecular weight excluding hydrogens is 238 g/mol. The second kappa shape index (κ2) is 6.55. The van der Waals surface area contributed by atoms with E-state index in [1.54, 1.807) is 0 Å². The average molecular weight is 261 g/mol. The van der Waals surface area contributed by atoms with Crippen molar-refractivity contribution in [3.63, 3.8) is 0 Å². The molecule has 1 heterocycles. The van der Waals surface area contributed by atoms with E-state index in [0.717, 1.165) is 31.0 Å². The van der Waals surface area contributed by atoms with Gasteiger partial charge in [-0.2, -0.15) is 0 Å². The fourth-order valence-electron chi connectivity index (χ4n) is 2.18. The molecular formula is C15H23N3O. The number of aromatic nitrogens is 1. The number of nitrogens with zero attached hydrogens (tertiary/aromatic N) is 1. The van der Waals surface area contributed by atoms with Crippen LogP contribution in [0.15, 0.2) is 12.1 Å². The number of pyridine rings is 1. The molecule has 0 aliphatic heterocycles. The van der Waals surface area contributed by atoms with Crippen molar-refractivity contribution in [2.75, 3.05) is 18.4 Å². The van der Waals surface area contributed by atoms with E-state index in [-0.39, 0.29) is 5.91 Å². The van der Waals surface area contributed by atoms with Gasteiger partial charge in [0.2, 0.25) is 0 Å². The van der Waals surface area contributed by atoms with E-state index in [1.165, 1.54) is 19.3 Å². The predicted octanol–water partition coefficient (Wildman–Crippen LogP) is 2.74. The minimum absolute atomic E-state index is 0.0111. The van der Waals surface area contributed by atoms with Crippen LogP contribution in [0.3, 0.4) is 0 Å². The largest absolute Gasteiger partial charge is 0.370 e. The number of amides is 1.